The molecule has 34 valence electrons. The van der Waals surface area contributed by atoms with E-state index in [0.29, 0.717) is 0 Å². The smallest absolute Gasteiger partial charge is 0.512 e. The third-order valence-electron chi connectivity index (χ3n) is 0. The maximum Gasteiger partial charge on any atom is 2.00 e. The van der Waals surface area contributed by atoms with Gasteiger partial charge in [-0.2, -0.15) is 0 Å². The molecule has 0 aromatic heterocycles. The summed E-state index contributed by atoms with van der Waals surface area (Å²) in [6.45, 7) is 4.75. The van der Waals surface area contributed by atoms with Gasteiger partial charge in [-0.05, 0) is 0 Å². The Morgan fingerprint density at radius 1 is 0.750 bits per heavy atom. The van der Waals surface area contributed by atoms with Crippen LogP contribution in [-0.4, -0.2) is 0 Å². The topological polar surface area (TPSA) is 23.8 Å². The van der Waals surface area contributed by atoms with E-state index in [2.05, 4.69) is 0 Å². The predicted octanol–water partition coefficient (Wildman–Crippen LogP) is -4.55. The average molecular weight is 150 g/mol. The molecule has 0 heterocycles. The van der Waals surface area contributed by atoms with Crippen molar-refractivity contribution in [2.75, 3.05) is 0 Å². The summed E-state index contributed by atoms with van der Waals surface area (Å²) in [5.41, 5.74) is 0. The van der Waals surface area contributed by atoms with Gasteiger partial charge in [0, 0.05) is 0 Å². The fourth-order valence-electron chi connectivity index (χ4n) is 0. The largest absolute Gasteiger partial charge is 2.00 e. The second-order valence-corrected chi connectivity index (χ2v) is 0. The summed E-state index contributed by atoms with van der Waals surface area (Å²) in [6.07, 6.45) is 0. The molecule has 0 bridgehead atoms. The molecule has 0 rings (SSSR count). The van der Waals surface area contributed by atoms with Crippen molar-refractivity contribution in [1.29, 1.82) is 5.26 Å². The Labute approximate surface area is 90.7 Å². The van der Waals surface area contributed by atoms with Crippen LogP contribution in [0.4, 0.5) is 0 Å². The normalized spacial score (nSPS) is 0.250. The van der Waals surface area contributed by atoms with Crippen LogP contribution in [0.15, 0.2) is 0 Å². The van der Waals surface area contributed by atoms with Gasteiger partial charge in [-0.15, -0.1) is 0 Å². The predicted molar refractivity (Wildman–Crippen MR) is 24.2 cm³/mol. The molecule has 1 nitrogen and oxygen atoms in total. The van der Waals surface area contributed by atoms with E-state index in [1.165, 1.54) is 0 Å². The molecule has 0 aromatic carbocycles. The Hall–Kier alpha value is 1.31. The minimum atomic E-state index is 0. The van der Waals surface area contributed by atoms with Crippen LogP contribution in [0.5, 0.6) is 0 Å². The minimum absolute atomic E-state index is 0. The Morgan fingerprint density at radius 2 is 0.750 bits per heavy atom. The average Bonchev–Trinajstić information content (AvgIpc) is 1.00. The van der Waals surface area contributed by atoms with Gasteiger partial charge in [0.15, 0.2) is 0 Å². The van der Waals surface area contributed by atoms with Crippen LogP contribution in [0.1, 0.15) is 0 Å². The molecule has 8 heavy (non-hydrogen) atoms. The van der Waals surface area contributed by atoms with Crippen molar-refractivity contribution in [3.63, 3.8) is 0 Å². The molecule has 4 heteroatoms. The monoisotopic (exact) mass is 149 g/mol. The Balaban J connectivity index is -0.000000000333. The van der Waals surface area contributed by atoms with Gasteiger partial charge < -0.3 is 34.1 Å². The number of hydrogen-bond acceptors (Lipinski definition) is 1. The molecule has 0 radical (unpaired) electrons. The molecule has 0 aromatic rings. The first kappa shape index (κ1) is 121. The fraction of sp³-hybridized carbons (Fsp3) is 0. The summed E-state index contributed by atoms with van der Waals surface area (Å²) in [7, 11) is 0. The first-order chi connectivity index (χ1) is 1.00. The summed E-state index contributed by atoms with van der Waals surface area (Å²) in [4.78, 5) is 0. The maximum atomic E-state index is 6.25. The first-order valence-corrected chi connectivity index (χ1v) is 0.224. The van der Waals surface area contributed by atoms with Gasteiger partial charge in [0.25, 0.3) is 0 Å². The molecule has 0 amide bonds. The van der Waals surface area contributed by atoms with E-state index in [0.717, 1.165) is 0 Å². The van der Waals surface area contributed by atoms with E-state index in [1.54, 1.807) is 0 Å². The fourth-order valence-corrected chi connectivity index (χ4v) is 0. The van der Waals surface area contributed by atoms with E-state index in [1.807, 2.05) is 0 Å². The summed E-state index contributed by atoms with van der Waals surface area (Å²) >= 11 is 0. The summed E-state index contributed by atoms with van der Waals surface area (Å²) in [6, 6.07) is 0. The van der Waals surface area contributed by atoms with Crippen LogP contribution in [-0.2, 0) is 19.5 Å². The third kappa shape index (κ3) is 170. The summed E-state index contributed by atoms with van der Waals surface area (Å²) < 4.78 is 0. The van der Waals surface area contributed by atoms with Gasteiger partial charge in [-0.1, -0.05) is 0 Å². The molecule has 0 atom stereocenters. The van der Waals surface area contributed by atoms with E-state index >= 15 is 0 Å². The van der Waals surface area contributed by atoms with Crippen LogP contribution in [0, 0.1) is 34.1 Å². The zero-order valence-corrected chi connectivity index (χ0v) is 9.62. The van der Waals surface area contributed by atoms with Crippen LogP contribution < -0.4 is 37.7 Å². The summed E-state index contributed by atoms with van der Waals surface area (Å²) in [5, 5.41) is 6.25. The zero-order valence-electron chi connectivity index (χ0n) is 6.65. The number of nitrogens with zero attached hydrogens (tertiary/aromatic N) is 1. The SMILES string of the molecule is [C-]#N.[CH3-].[CH3-].[CH3-].[Li+].[Li+].[Zn+2]. The van der Waals surface area contributed by atoms with Crippen molar-refractivity contribution in [1.82, 2.24) is 0 Å². The Kier molecular flexibility index (Phi) is 3910. The Morgan fingerprint density at radius 3 is 0.750 bits per heavy atom. The Bertz CT molecular complexity index is 18.8. The molecule has 0 aliphatic rings. The molecule has 0 aliphatic carbocycles. The quantitative estimate of drug-likeness (QED) is 0.252. The second-order valence-electron chi connectivity index (χ2n) is 0. The van der Waals surface area contributed by atoms with E-state index in [9.17, 15) is 0 Å². The van der Waals surface area contributed by atoms with Crippen molar-refractivity contribution < 1.29 is 57.2 Å². The molecular weight excluding hydrogens is 141 g/mol. The molecule has 0 N–H and O–H groups in total. The van der Waals surface area contributed by atoms with Crippen molar-refractivity contribution in [3.8, 4) is 0 Å². The van der Waals surface area contributed by atoms with E-state index < -0.39 is 0 Å². The molecule has 0 spiro atoms. The number of rotatable bonds is 0. The molecular formula is C4H9Li2NZn. The van der Waals surface area contributed by atoms with Crippen molar-refractivity contribution >= 4 is 0 Å². The van der Waals surface area contributed by atoms with Gasteiger partial charge >= 0.3 is 57.2 Å². The molecule has 0 saturated carbocycles. The van der Waals surface area contributed by atoms with Gasteiger partial charge in [0.05, 0.1) is 0 Å². The third-order valence-corrected chi connectivity index (χ3v) is 0. The van der Waals surface area contributed by atoms with Gasteiger partial charge in [-0.3, -0.25) is 0 Å². The zero-order chi connectivity index (χ0) is 2.00. The van der Waals surface area contributed by atoms with Crippen molar-refractivity contribution in [3.05, 3.63) is 28.9 Å². The van der Waals surface area contributed by atoms with Crippen LogP contribution >= 0.6 is 0 Å². The van der Waals surface area contributed by atoms with Gasteiger partial charge in [-0.25, -0.2) is 0 Å². The van der Waals surface area contributed by atoms with Crippen LogP contribution in [0.3, 0.4) is 0 Å². The first-order valence-electron chi connectivity index (χ1n) is 0.224. The van der Waals surface area contributed by atoms with Crippen LogP contribution in [0.2, 0.25) is 0 Å². The number of hydrogen-bond donors (Lipinski definition) is 0. The summed E-state index contributed by atoms with van der Waals surface area (Å²) in [5.74, 6) is 0. The van der Waals surface area contributed by atoms with Crippen LogP contribution in [0.25, 0.3) is 0 Å². The van der Waals surface area contributed by atoms with E-state index in [4.69, 9.17) is 11.8 Å². The maximum absolute atomic E-state index is 6.25. The molecule has 0 fully saturated rings. The molecule has 0 unspecified atom stereocenters. The minimum Gasteiger partial charge on any atom is -0.512 e. The standard InChI is InChI=1S/CN.3CH3.2Li.Zn/c1-2;;;;;;/h;3*1H3;;;/q4*-1;2*+1;+2. The molecule has 0 saturated heterocycles. The molecule has 0 aliphatic heterocycles. The van der Waals surface area contributed by atoms with Gasteiger partial charge in [0.1, 0.15) is 0 Å². The second kappa shape index (κ2) is 259. The van der Waals surface area contributed by atoms with Crippen molar-refractivity contribution in [2.24, 2.45) is 0 Å². The van der Waals surface area contributed by atoms with Gasteiger partial charge in [0.2, 0.25) is 0 Å². The van der Waals surface area contributed by atoms with Crippen molar-refractivity contribution in [2.45, 2.75) is 0 Å². The van der Waals surface area contributed by atoms with E-state index in [-0.39, 0.29) is 79.5 Å².